The van der Waals surface area contributed by atoms with Gasteiger partial charge in [-0.25, -0.2) is 9.78 Å². The number of non-ortho nitro benzene ring substituents is 2. The van der Waals surface area contributed by atoms with Gasteiger partial charge in [0.05, 0.1) is 26.3 Å². The molecular weight excluding hydrogens is 1120 g/mol. The zero-order valence-corrected chi connectivity index (χ0v) is 49.0. The number of phenols is 4. The number of pyridine rings is 1. The van der Waals surface area contributed by atoms with Gasteiger partial charge in [0.15, 0.2) is 6.20 Å². The molecule has 0 spiro atoms. The molecule has 1 radical (unpaired) electrons. The van der Waals surface area contributed by atoms with E-state index in [-0.39, 0.29) is 90.5 Å². The second-order valence-electron chi connectivity index (χ2n) is 21.9. The molecule has 84 heavy (non-hydrogen) atoms. The van der Waals surface area contributed by atoms with Gasteiger partial charge in [-0.1, -0.05) is 13.8 Å². The molecule has 6 aromatic carbocycles. The van der Waals surface area contributed by atoms with Crippen molar-refractivity contribution in [3.63, 3.8) is 0 Å². The van der Waals surface area contributed by atoms with Gasteiger partial charge in [0, 0.05) is 132 Å². The number of carboxylic acid groups (broad SMARTS) is 1. The Labute approximate surface area is 494 Å². The third kappa shape index (κ3) is 13.9. The van der Waals surface area contributed by atoms with E-state index in [9.17, 15) is 50.6 Å². The quantitative estimate of drug-likeness (QED) is 0.0376. The number of aromatic hydroxyl groups is 4. The summed E-state index contributed by atoms with van der Waals surface area (Å²) in [6, 6.07) is 28.5. The smallest absolute Gasteiger partial charge is 0.342 e. The number of rotatable bonds is 12. The summed E-state index contributed by atoms with van der Waals surface area (Å²) in [5.41, 5.74) is 7.40. The molecule has 1 aromatic heterocycles. The Morgan fingerprint density at radius 1 is 0.702 bits per heavy atom. The van der Waals surface area contributed by atoms with Crippen molar-refractivity contribution in [3.8, 4) is 34.5 Å². The Morgan fingerprint density at radius 2 is 1.25 bits per heavy atom. The summed E-state index contributed by atoms with van der Waals surface area (Å²) in [4.78, 5) is 44.8. The van der Waals surface area contributed by atoms with E-state index in [1.807, 2.05) is 38.9 Å². The number of nitrogens with zero attached hydrogens (tertiary/aromatic N) is 9. The summed E-state index contributed by atoms with van der Waals surface area (Å²) in [6.07, 6.45) is 3.75. The maximum absolute atomic E-state index is 12.3. The molecule has 0 saturated heterocycles. The van der Waals surface area contributed by atoms with Crippen LogP contribution in [0.3, 0.4) is 0 Å². The van der Waals surface area contributed by atoms with Crippen molar-refractivity contribution < 1.29 is 66.7 Å². The number of nitro groups is 2. The van der Waals surface area contributed by atoms with Crippen molar-refractivity contribution in [1.29, 1.82) is 0 Å². The zero-order chi connectivity index (χ0) is 60.2. The number of aromatic nitrogens is 1. The fourth-order valence-electron chi connectivity index (χ4n) is 10.5. The maximum Gasteiger partial charge on any atom is 0.342 e. The molecule has 3 aliphatic heterocycles. The van der Waals surface area contributed by atoms with E-state index >= 15 is 0 Å². The number of phenolic OH excluding ortho intramolecular Hbond substituents is 4. The molecular formula is C61H66CoN11O11+. The van der Waals surface area contributed by atoms with Gasteiger partial charge >= 0.3 is 5.97 Å². The van der Waals surface area contributed by atoms with Crippen LogP contribution in [-0.2, 0) is 16.8 Å². The van der Waals surface area contributed by atoms with Crippen LogP contribution < -0.4 is 35.4 Å². The normalized spacial score (nSPS) is 15.8. The summed E-state index contributed by atoms with van der Waals surface area (Å²) in [5, 5.41) is 91.6. The second-order valence-corrected chi connectivity index (χ2v) is 21.9. The van der Waals surface area contributed by atoms with Crippen LogP contribution in [0.25, 0.3) is 5.57 Å². The molecule has 2 atom stereocenters. The molecule has 3 aliphatic rings. The Kier molecular flexibility index (Phi) is 18.7. The maximum atomic E-state index is 12.3. The first kappa shape index (κ1) is 62.1. The molecule has 0 aliphatic carbocycles. The van der Waals surface area contributed by atoms with Gasteiger partial charge in [0.25, 0.3) is 11.4 Å². The van der Waals surface area contributed by atoms with Crippen LogP contribution in [0.2, 0.25) is 0 Å². The first-order valence-electron chi connectivity index (χ1n) is 26.8. The Morgan fingerprint density at radius 3 is 1.79 bits per heavy atom. The van der Waals surface area contributed by atoms with Gasteiger partial charge in [0.2, 0.25) is 5.69 Å². The Hall–Kier alpha value is -9.48. The van der Waals surface area contributed by atoms with E-state index in [4.69, 9.17) is 9.73 Å². The number of anilines is 3. The van der Waals surface area contributed by atoms with E-state index in [0.29, 0.717) is 23.3 Å². The third-order valence-electron chi connectivity index (χ3n) is 14.4. The molecule has 0 saturated carbocycles. The minimum Gasteiger partial charge on any atom is -0.506 e. The molecule has 2 unspecified atom stereocenters. The molecule has 0 bridgehead atoms. The van der Waals surface area contributed by atoms with Gasteiger partial charge < -0.3 is 45.4 Å². The number of aromatic amines is 1. The summed E-state index contributed by atoms with van der Waals surface area (Å²) in [6.45, 7) is 18.9. The van der Waals surface area contributed by atoms with E-state index in [0.717, 1.165) is 88.7 Å². The van der Waals surface area contributed by atoms with Crippen LogP contribution in [-0.4, -0.2) is 79.6 Å². The van der Waals surface area contributed by atoms with E-state index in [1.165, 1.54) is 35.4 Å². The number of H-pyrrole nitrogens is 1. The first-order chi connectivity index (χ1) is 39.3. The monoisotopic (exact) mass is 1190 g/mol. The summed E-state index contributed by atoms with van der Waals surface area (Å²) in [7, 11) is 3.66. The van der Waals surface area contributed by atoms with E-state index in [1.54, 1.807) is 48.7 Å². The Balaban J connectivity index is 0.000000189. The fourth-order valence-corrected chi connectivity index (χ4v) is 10.5. The molecule has 23 heteroatoms. The standard InChI is InChI=1S/C31H33N3O3.C16H18N4O4.C14H14N4O4.Co/c1-16-14-30(3,4)33-23-12-25-21(10-19(16)23)27(28-18(29(35)36)8-7-9-32-28)22-11-20-17(2)15-31(5,6)34-24(20)13-26(22)37-25;1-3-19(4-2)11-5-7-13(16(22)10-11)17-18-14-9-12(20(23)24)6-8-15(14)21;1-17(2)9-3-5-11(14(20)8-9)15-16-12-7-10(18(21)22)4-6-13(12)19;/h7-13,16-17,33H,14-15H2,1-6H3,(H,35,36);5-10,21-22H,3-4H2,1-2H3;3-8,19-20H,1-2H3;/p+1. The van der Waals surface area contributed by atoms with Gasteiger partial charge in [0.1, 0.15) is 62.8 Å². The molecule has 0 amide bonds. The molecule has 22 nitrogen and oxygen atoms in total. The van der Waals surface area contributed by atoms with Crippen LogP contribution in [0, 0.1) is 20.2 Å². The third-order valence-corrected chi connectivity index (χ3v) is 14.4. The van der Waals surface area contributed by atoms with Crippen LogP contribution in [0.1, 0.15) is 113 Å². The largest absolute Gasteiger partial charge is 0.506 e. The van der Waals surface area contributed by atoms with Crippen molar-refractivity contribution in [2.75, 3.05) is 42.3 Å². The summed E-state index contributed by atoms with van der Waals surface area (Å²) < 4.78 is 6.59. The Bertz CT molecular complexity index is 3890. The van der Waals surface area contributed by atoms with Crippen molar-refractivity contribution in [1.82, 2.24) is 0 Å². The number of fused-ring (bicyclic) bond motifs is 4. The number of aromatic carboxylic acids is 1. The van der Waals surface area contributed by atoms with Crippen LogP contribution in [0.15, 0.2) is 141 Å². The zero-order valence-electron chi connectivity index (χ0n) is 48.0. The molecule has 7 N–H and O–H groups in total. The average molecular weight is 1190 g/mol. The summed E-state index contributed by atoms with van der Waals surface area (Å²) in [5.74, 6) is 0.510. The van der Waals surface area contributed by atoms with Gasteiger partial charge in [-0.3, -0.25) is 25.2 Å². The van der Waals surface area contributed by atoms with Crippen molar-refractivity contribution in [2.45, 2.75) is 91.1 Å². The van der Waals surface area contributed by atoms with Crippen molar-refractivity contribution in [2.24, 2.45) is 25.4 Å². The molecule has 10 rings (SSSR count). The minimum absolute atomic E-state index is 0. The minimum atomic E-state index is -0.966. The van der Waals surface area contributed by atoms with Gasteiger partial charge in [-0.05, 0) is 132 Å². The van der Waals surface area contributed by atoms with Gasteiger partial charge in [-0.2, -0.15) is 0 Å². The van der Waals surface area contributed by atoms with E-state index < -0.39 is 15.8 Å². The first-order valence-corrected chi connectivity index (χ1v) is 26.8. The SMILES string of the molecule is CC1CC(C)(C)Nc2cc3c(cc21)C(c1[nH+]cccc1C(=O)O)=c1cc2c(cc1O3)=NC(C)(C)CC2C.CCN(CC)c1ccc(N=Nc2cc([N+](=O)[O-])ccc2O)c(O)c1.CN(C)c1ccc(N=Nc2cc([N+](=O)[O-])ccc2O)c(O)c1.[Co]. The van der Waals surface area contributed by atoms with Crippen LogP contribution >= 0.6 is 0 Å². The number of nitrogens with one attached hydrogen (secondary N) is 2. The summed E-state index contributed by atoms with van der Waals surface area (Å²) >= 11 is 0. The number of hydrogen-bond donors (Lipinski definition) is 6. The molecule has 4 heterocycles. The molecule has 439 valence electrons. The average Bonchev–Trinajstić information content (AvgIpc) is 2.99. The number of hydrogen-bond acceptors (Lipinski definition) is 18. The predicted molar refractivity (Wildman–Crippen MR) is 315 cm³/mol. The predicted octanol–water partition coefficient (Wildman–Crippen LogP) is 12.9. The number of carboxylic acids is 1. The van der Waals surface area contributed by atoms with E-state index in [2.05, 4.69) is 95.4 Å². The van der Waals surface area contributed by atoms with Crippen molar-refractivity contribution in [3.05, 3.63) is 174 Å². The number of carbonyl (C=O) groups is 1. The van der Waals surface area contributed by atoms with Crippen LogP contribution in [0.4, 0.5) is 51.2 Å². The fraction of sp³-hybridized carbons (Fsp3) is 0.295. The number of benzene rings is 6. The molecule has 0 fully saturated rings. The number of azo groups is 2. The topological polar surface area (TPSA) is 308 Å². The van der Waals surface area contributed by atoms with Gasteiger partial charge in [-0.15, -0.1) is 20.5 Å². The second kappa shape index (κ2) is 25.3. The molecule has 7 aromatic rings. The number of nitro benzene ring substituents is 2. The number of ether oxygens (including phenoxy) is 1. The van der Waals surface area contributed by atoms with Crippen molar-refractivity contribution >= 4 is 62.7 Å². The van der Waals surface area contributed by atoms with Crippen LogP contribution in [0.5, 0.6) is 34.5 Å².